The Labute approximate surface area is 109 Å². The lowest BCUT2D eigenvalue weighted by Crippen LogP contribution is -2.00. The molecule has 96 valence electrons. The zero-order chi connectivity index (χ0) is 13.7. The molecular weight excluding hydrogens is 247 g/mol. The lowest BCUT2D eigenvalue weighted by molar-refractivity contribution is -0.104. The molecule has 0 unspecified atom stereocenters. The Kier molecular flexibility index (Phi) is 4.03. The molecule has 2 aromatic carbocycles. The average molecular weight is 258 g/mol. The van der Waals surface area contributed by atoms with Crippen molar-refractivity contribution in [3.05, 3.63) is 65.5 Å². The lowest BCUT2D eigenvalue weighted by atomic mass is 10.1. The largest absolute Gasteiger partial charge is 0.489 e. The van der Waals surface area contributed by atoms with Gasteiger partial charge in [0.15, 0.2) is 6.29 Å². The van der Waals surface area contributed by atoms with Crippen molar-refractivity contribution in [2.24, 2.45) is 0 Å². The fourth-order valence-corrected chi connectivity index (χ4v) is 1.58. The van der Waals surface area contributed by atoms with Gasteiger partial charge in [-0.2, -0.15) is 0 Å². The summed E-state index contributed by atoms with van der Waals surface area (Å²) in [6, 6.07) is 12.3. The second-order valence-electron chi connectivity index (χ2n) is 3.93. The minimum Gasteiger partial charge on any atom is -0.489 e. The van der Waals surface area contributed by atoms with Crippen molar-refractivity contribution >= 4 is 12.1 Å². The van der Waals surface area contributed by atoms with Gasteiger partial charge in [0, 0.05) is 5.56 Å². The fourth-order valence-electron chi connectivity index (χ4n) is 1.58. The normalized spacial score (nSPS) is 9.95. The van der Waals surface area contributed by atoms with Gasteiger partial charge in [-0.25, -0.2) is 4.39 Å². The third-order valence-electron chi connectivity index (χ3n) is 2.54. The zero-order valence-electron chi connectivity index (χ0n) is 10.0. The van der Waals surface area contributed by atoms with Crippen LogP contribution in [-0.2, 0) is 11.4 Å². The van der Waals surface area contributed by atoms with Gasteiger partial charge >= 0.3 is 0 Å². The Morgan fingerprint density at radius 2 is 1.89 bits per heavy atom. The van der Waals surface area contributed by atoms with Crippen LogP contribution in [0.25, 0.3) is 0 Å². The molecule has 0 aliphatic heterocycles. The van der Waals surface area contributed by atoms with Crippen LogP contribution < -0.4 is 4.74 Å². The van der Waals surface area contributed by atoms with Crippen LogP contribution in [0.15, 0.2) is 48.5 Å². The lowest BCUT2D eigenvalue weighted by Gasteiger charge is -2.06. The van der Waals surface area contributed by atoms with E-state index in [1.807, 2.05) is 0 Å². The third-order valence-corrected chi connectivity index (χ3v) is 2.54. The van der Waals surface area contributed by atoms with Gasteiger partial charge in [-0.05, 0) is 42.0 Å². The molecule has 4 heteroatoms. The summed E-state index contributed by atoms with van der Waals surface area (Å²) in [5.74, 6) is -0.337. The maximum atomic E-state index is 12.9. The van der Waals surface area contributed by atoms with E-state index >= 15 is 0 Å². The van der Waals surface area contributed by atoms with Gasteiger partial charge in [0.1, 0.15) is 18.2 Å². The van der Waals surface area contributed by atoms with E-state index < -0.39 is 5.78 Å². The summed E-state index contributed by atoms with van der Waals surface area (Å²) >= 11 is 0. The van der Waals surface area contributed by atoms with Gasteiger partial charge in [-0.3, -0.25) is 9.59 Å². The monoisotopic (exact) mass is 258 g/mol. The summed E-state index contributed by atoms with van der Waals surface area (Å²) in [7, 11) is 0. The number of ketones is 1. The van der Waals surface area contributed by atoms with Crippen LogP contribution in [0, 0.1) is 5.82 Å². The molecule has 0 aromatic heterocycles. The number of halogens is 1. The van der Waals surface area contributed by atoms with Crippen molar-refractivity contribution in [1.29, 1.82) is 0 Å². The third kappa shape index (κ3) is 3.48. The van der Waals surface area contributed by atoms with E-state index in [9.17, 15) is 14.0 Å². The maximum absolute atomic E-state index is 12.9. The zero-order valence-corrected chi connectivity index (χ0v) is 10.0. The highest BCUT2D eigenvalue weighted by molar-refractivity contribution is 6.33. The number of Topliss-reactive ketones (excluding diaryl/α,β-unsaturated/α-hetero) is 1. The number of rotatable bonds is 5. The molecule has 0 radical (unpaired) electrons. The first-order valence-electron chi connectivity index (χ1n) is 5.66. The number of ether oxygens (including phenoxy) is 1. The van der Waals surface area contributed by atoms with Crippen LogP contribution in [0.1, 0.15) is 15.9 Å². The van der Waals surface area contributed by atoms with Crippen LogP contribution in [0.5, 0.6) is 5.75 Å². The molecule has 0 N–H and O–H groups in total. The molecule has 0 fully saturated rings. The molecule has 0 saturated heterocycles. The van der Waals surface area contributed by atoms with Crippen molar-refractivity contribution in [3.63, 3.8) is 0 Å². The first-order valence-corrected chi connectivity index (χ1v) is 5.66. The Bertz CT molecular complexity index is 591. The van der Waals surface area contributed by atoms with Crippen molar-refractivity contribution in [1.82, 2.24) is 0 Å². The van der Waals surface area contributed by atoms with Crippen molar-refractivity contribution in [3.8, 4) is 5.75 Å². The second-order valence-corrected chi connectivity index (χ2v) is 3.93. The van der Waals surface area contributed by atoms with Crippen molar-refractivity contribution in [2.75, 3.05) is 0 Å². The van der Waals surface area contributed by atoms with Crippen molar-refractivity contribution < 1.29 is 18.7 Å². The molecule has 0 heterocycles. The highest BCUT2D eigenvalue weighted by atomic mass is 19.1. The molecule has 0 amide bonds. The van der Waals surface area contributed by atoms with Gasteiger partial charge < -0.3 is 4.74 Å². The summed E-state index contributed by atoms with van der Waals surface area (Å²) in [5, 5.41) is 0. The Morgan fingerprint density at radius 1 is 1.16 bits per heavy atom. The standard InChI is InChI=1S/C15H11FO3/c16-13-3-1-2-11(8-13)10-19-14-6-4-12(5-7-14)15(18)9-17/h1-9H,10H2. The molecule has 3 nitrogen and oxygen atoms in total. The summed E-state index contributed by atoms with van der Waals surface area (Å²) in [6.45, 7) is 0.235. The topological polar surface area (TPSA) is 43.4 Å². The van der Waals surface area contributed by atoms with E-state index in [0.29, 0.717) is 16.9 Å². The molecule has 0 atom stereocenters. The van der Waals surface area contributed by atoms with Crippen LogP contribution in [-0.4, -0.2) is 12.1 Å². The van der Waals surface area contributed by atoms with Gasteiger partial charge in [0.2, 0.25) is 5.78 Å². The summed E-state index contributed by atoms with van der Waals surface area (Å²) in [6.07, 6.45) is 0.266. The second kappa shape index (κ2) is 5.91. The van der Waals surface area contributed by atoms with E-state index in [0.717, 1.165) is 0 Å². The molecule has 2 aromatic rings. The molecule has 19 heavy (non-hydrogen) atoms. The minimum absolute atomic E-state index is 0.235. The van der Waals surface area contributed by atoms with Gasteiger partial charge in [-0.1, -0.05) is 12.1 Å². The predicted octanol–water partition coefficient (Wildman–Crippen LogP) is 2.79. The number of hydrogen-bond donors (Lipinski definition) is 0. The Hall–Kier alpha value is -2.49. The van der Waals surface area contributed by atoms with Gasteiger partial charge in [-0.15, -0.1) is 0 Å². The molecule has 0 spiro atoms. The Balaban J connectivity index is 2.00. The van der Waals surface area contributed by atoms with Crippen LogP contribution >= 0.6 is 0 Å². The van der Waals surface area contributed by atoms with E-state index in [4.69, 9.17) is 4.74 Å². The first kappa shape index (κ1) is 13.0. The maximum Gasteiger partial charge on any atom is 0.225 e. The number of carbonyl (C=O) groups is 2. The fraction of sp³-hybridized carbons (Fsp3) is 0.0667. The van der Waals surface area contributed by atoms with Gasteiger partial charge in [0.25, 0.3) is 0 Å². The van der Waals surface area contributed by atoms with E-state index in [2.05, 4.69) is 0 Å². The molecule has 0 bridgehead atoms. The van der Waals surface area contributed by atoms with E-state index in [-0.39, 0.29) is 18.7 Å². The smallest absolute Gasteiger partial charge is 0.225 e. The minimum atomic E-state index is -0.573. The van der Waals surface area contributed by atoms with Crippen LogP contribution in [0.2, 0.25) is 0 Å². The van der Waals surface area contributed by atoms with E-state index in [1.54, 1.807) is 24.3 Å². The average Bonchev–Trinajstić information content (AvgIpc) is 2.45. The number of benzene rings is 2. The van der Waals surface area contributed by atoms with E-state index in [1.165, 1.54) is 24.3 Å². The number of aldehydes is 1. The van der Waals surface area contributed by atoms with Gasteiger partial charge in [0.05, 0.1) is 0 Å². The highest BCUT2D eigenvalue weighted by Gasteiger charge is 2.04. The first-order chi connectivity index (χ1) is 9.19. The summed E-state index contributed by atoms with van der Waals surface area (Å²) < 4.78 is 18.4. The molecule has 0 aliphatic carbocycles. The molecule has 0 saturated carbocycles. The van der Waals surface area contributed by atoms with Crippen LogP contribution in [0.4, 0.5) is 4.39 Å². The summed E-state index contributed by atoms with van der Waals surface area (Å²) in [4.78, 5) is 21.4. The SMILES string of the molecule is O=CC(=O)c1ccc(OCc2cccc(F)c2)cc1. The predicted molar refractivity (Wildman–Crippen MR) is 67.6 cm³/mol. The van der Waals surface area contributed by atoms with Crippen LogP contribution in [0.3, 0.4) is 0 Å². The van der Waals surface area contributed by atoms with Crippen molar-refractivity contribution in [2.45, 2.75) is 6.61 Å². The highest BCUT2D eigenvalue weighted by Crippen LogP contribution is 2.14. The quantitative estimate of drug-likeness (QED) is 0.470. The number of hydrogen-bond acceptors (Lipinski definition) is 3. The summed E-state index contributed by atoms with van der Waals surface area (Å²) in [5.41, 5.74) is 1.03. The Morgan fingerprint density at radius 3 is 2.53 bits per heavy atom. The molecule has 0 aliphatic rings. The number of carbonyl (C=O) groups excluding carboxylic acids is 2. The molecule has 2 rings (SSSR count). The molecular formula is C15H11FO3.